The minimum atomic E-state index is -4.41. The Bertz CT molecular complexity index is 1440. The number of nitrogens with one attached hydrogen (secondary N) is 2. The number of pyridine rings is 1. The molecule has 0 bridgehead atoms. The lowest BCUT2D eigenvalue weighted by molar-refractivity contribution is -0.126. The van der Waals surface area contributed by atoms with Crippen LogP contribution in [0, 0.1) is 11.8 Å². The lowest BCUT2D eigenvalue weighted by Gasteiger charge is -2.33. The average molecular weight is 583 g/mol. The summed E-state index contributed by atoms with van der Waals surface area (Å²) in [5.74, 6) is 6.07. The van der Waals surface area contributed by atoms with Gasteiger partial charge in [0.1, 0.15) is 18.7 Å². The Morgan fingerprint density at radius 2 is 2.00 bits per heavy atom. The molecule has 3 aromatic rings. The molecular formula is C27H31F4N4O2PS. The number of fused-ring (bicyclic) bond motifs is 1. The number of thiophene rings is 1. The summed E-state index contributed by atoms with van der Waals surface area (Å²) in [6.45, 7) is 4.39. The van der Waals surface area contributed by atoms with E-state index in [1.54, 1.807) is 43.7 Å². The van der Waals surface area contributed by atoms with Gasteiger partial charge in [-0.1, -0.05) is 24.0 Å². The highest BCUT2D eigenvalue weighted by molar-refractivity contribution is 7.69. The Labute approximate surface area is 229 Å². The molecule has 0 radical (unpaired) electrons. The van der Waals surface area contributed by atoms with E-state index in [0.717, 1.165) is 6.54 Å². The predicted molar refractivity (Wildman–Crippen MR) is 151 cm³/mol. The Kier molecular flexibility index (Phi) is 8.79. The van der Waals surface area contributed by atoms with E-state index in [2.05, 4.69) is 27.5 Å². The molecule has 0 saturated carbocycles. The van der Waals surface area contributed by atoms with E-state index in [4.69, 9.17) is 4.74 Å². The first kappa shape index (κ1) is 29.2. The van der Waals surface area contributed by atoms with E-state index < -0.39 is 32.0 Å². The van der Waals surface area contributed by atoms with Crippen molar-refractivity contribution in [3.8, 4) is 17.7 Å². The lowest BCUT2D eigenvalue weighted by atomic mass is 10.0. The number of halogens is 4. The largest absolute Gasteiger partial charge is 0.480 e. The quantitative estimate of drug-likeness (QED) is 0.216. The van der Waals surface area contributed by atoms with Gasteiger partial charge in [0.15, 0.2) is 0 Å². The van der Waals surface area contributed by atoms with Crippen molar-refractivity contribution in [3.63, 3.8) is 0 Å². The van der Waals surface area contributed by atoms with Gasteiger partial charge in [-0.3, -0.25) is 0 Å². The van der Waals surface area contributed by atoms with Gasteiger partial charge in [-0.05, 0) is 55.9 Å². The summed E-state index contributed by atoms with van der Waals surface area (Å²) >= 11 is 1.18. The Balaban J connectivity index is 1.60. The molecule has 1 saturated heterocycles. The van der Waals surface area contributed by atoms with Gasteiger partial charge in [-0.25, -0.2) is 9.37 Å². The summed E-state index contributed by atoms with van der Waals surface area (Å²) in [5.41, 5.74) is 1.69. The van der Waals surface area contributed by atoms with Gasteiger partial charge in [0.05, 0.1) is 47.1 Å². The first-order chi connectivity index (χ1) is 18.4. The second-order valence-electron chi connectivity index (χ2n) is 9.93. The third-order valence-corrected chi connectivity index (χ3v) is 8.99. The van der Waals surface area contributed by atoms with Crippen LogP contribution in [0.15, 0.2) is 30.3 Å². The zero-order valence-corrected chi connectivity index (χ0v) is 23.9. The summed E-state index contributed by atoms with van der Waals surface area (Å²) in [6.07, 6.45) is -6.01. The van der Waals surface area contributed by atoms with Crippen LogP contribution < -0.4 is 20.8 Å². The van der Waals surface area contributed by atoms with Gasteiger partial charge >= 0.3 is 6.18 Å². The third kappa shape index (κ3) is 7.24. The van der Waals surface area contributed by atoms with Gasteiger partial charge < -0.3 is 24.8 Å². The molecule has 1 aliphatic heterocycles. The first-order valence-electron chi connectivity index (χ1n) is 12.4. The number of rotatable bonds is 7. The summed E-state index contributed by atoms with van der Waals surface area (Å²) < 4.78 is 73.5. The fraction of sp³-hybridized carbons (Fsp3) is 0.444. The number of ether oxygens (including phenoxy) is 1. The molecule has 12 heteroatoms. The number of benzene rings is 1. The fourth-order valence-electron chi connectivity index (χ4n) is 4.46. The van der Waals surface area contributed by atoms with Gasteiger partial charge in [0, 0.05) is 13.1 Å². The van der Waals surface area contributed by atoms with Crippen molar-refractivity contribution in [1.29, 1.82) is 0 Å². The van der Waals surface area contributed by atoms with Gasteiger partial charge in [0.25, 0.3) is 0 Å². The first-order valence-corrected chi connectivity index (χ1v) is 15.8. The minimum Gasteiger partial charge on any atom is -0.480 e. The molecule has 1 fully saturated rings. The summed E-state index contributed by atoms with van der Waals surface area (Å²) in [7, 11) is 0.735. The number of aromatic nitrogens is 1. The molecule has 2 atom stereocenters. The van der Waals surface area contributed by atoms with Gasteiger partial charge in [-0.15, -0.1) is 11.3 Å². The van der Waals surface area contributed by atoms with Crippen LogP contribution in [-0.4, -0.2) is 75.4 Å². The Morgan fingerprint density at radius 3 is 2.67 bits per heavy atom. The number of hydrogen-bond acceptors (Lipinski definition) is 7. The molecule has 1 aliphatic rings. The molecule has 2 aromatic heterocycles. The monoisotopic (exact) mass is 582 g/mol. The van der Waals surface area contributed by atoms with Crippen molar-refractivity contribution in [1.82, 2.24) is 9.88 Å². The number of alkyl halides is 4. The molecule has 0 unspecified atom stereocenters. The Hall–Kier alpha value is -2.80. The van der Waals surface area contributed by atoms with E-state index in [9.17, 15) is 22.1 Å². The second-order valence-corrected chi connectivity index (χ2v) is 14.1. The molecule has 0 amide bonds. The zero-order valence-electron chi connectivity index (χ0n) is 22.2. The lowest BCUT2D eigenvalue weighted by Crippen LogP contribution is -2.46. The van der Waals surface area contributed by atoms with Crippen LogP contribution in [0.4, 0.5) is 28.9 Å². The zero-order chi connectivity index (χ0) is 28.4. The summed E-state index contributed by atoms with van der Waals surface area (Å²) in [5, 5.41) is 6.77. The number of likely N-dealkylation sites (tertiary alicyclic amines) is 1. The van der Waals surface area contributed by atoms with Crippen molar-refractivity contribution in [3.05, 3.63) is 40.8 Å². The van der Waals surface area contributed by atoms with Gasteiger partial charge in [-0.2, -0.15) is 13.2 Å². The van der Waals surface area contributed by atoms with Crippen LogP contribution in [0.25, 0.3) is 10.1 Å². The second kappa shape index (κ2) is 11.7. The molecule has 0 aliphatic carbocycles. The van der Waals surface area contributed by atoms with Crippen molar-refractivity contribution in [2.75, 3.05) is 57.8 Å². The maximum Gasteiger partial charge on any atom is 0.393 e. The van der Waals surface area contributed by atoms with E-state index in [1.165, 1.54) is 18.4 Å². The van der Waals surface area contributed by atoms with Crippen LogP contribution in [0.2, 0.25) is 0 Å². The molecular weight excluding hydrogens is 551 g/mol. The van der Waals surface area contributed by atoms with Crippen LogP contribution >= 0.6 is 18.5 Å². The number of hydrogen-bond donors (Lipinski definition) is 2. The number of piperidine rings is 1. The molecule has 1 aromatic carbocycles. The van der Waals surface area contributed by atoms with Crippen LogP contribution in [0.3, 0.4) is 0 Å². The molecule has 4 rings (SSSR count). The normalized spacial score (nSPS) is 18.5. The number of methoxy groups -OCH3 is 1. The summed E-state index contributed by atoms with van der Waals surface area (Å²) in [6, 6.07) is 8.04. The molecule has 3 heterocycles. The van der Waals surface area contributed by atoms with Crippen molar-refractivity contribution < 1.29 is 26.9 Å². The molecule has 210 valence electrons. The van der Waals surface area contributed by atoms with Crippen molar-refractivity contribution in [2.45, 2.75) is 31.2 Å². The predicted octanol–water partition coefficient (Wildman–Crippen LogP) is 5.58. The minimum absolute atomic E-state index is 0.115. The van der Waals surface area contributed by atoms with Gasteiger partial charge in [0.2, 0.25) is 5.88 Å². The van der Waals surface area contributed by atoms with E-state index in [0.29, 0.717) is 44.7 Å². The topological polar surface area (TPSA) is 66.5 Å². The molecule has 2 N–H and O–H groups in total. The molecule has 0 spiro atoms. The maximum atomic E-state index is 14.7. The highest BCUT2D eigenvalue weighted by Crippen LogP contribution is 2.40. The highest BCUT2D eigenvalue weighted by atomic mass is 32.1. The highest BCUT2D eigenvalue weighted by Gasteiger charge is 2.32. The molecule has 39 heavy (non-hydrogen) atoms. The Morgan fingerprint density at radius 1 is 1.23 bits per heavy atom. The maximum absolute atomic E-state index is 14.7. The standard InChI is InChI=1S/C27H31F4N4O2PS/c1-35-14-12-20(19(28)16-35)33-21-8-5-7-17-18(15-27(29,30)31)23(39-25(17)21)9-6-13-32-22-10-11-24(38(3,4)36)34-26(22)37-2/h5,7-8,10-11,19-20,32-33H,12-16H2,1-4H3/t19-,20+/m1/s1. The van der Waals surface area contributed by atoms with Crippen LogP contribution in [0.1, 0.15) is 16.9 Å². The van der Waals surface area contributed by atoms with Crippen LogP contribution in [-0.2, 0) is 11.0 Å². The number of nitrogens with zero attached hydrogens (tertiary/aromatic N) is 2. The number of anilines is 2. The van der Waals surface area contributed by atoms with Crippen molar-refractivity contribution >= 4 is 45.4 Å². The molecule has 6 nitrogen and oxygen atoms in total. The van der Waals surface area contributed by atoms with Crippen LogP contribution in [0.5, 0.6) is 5.88 Å². The van der Waals surface area contributed by atoms with Crippen molar-refractivity contribution in [2.24, 2.45) is 0 Å². The SMILES string of the molecule is COc1nc(P(C)(C)=O)ccc1NCC#Cc1sc2c(N[C@H]3CCN(C)C[C@H]3F)cccc2c1CC(F)(F)F. The third-order valence-electron chi connectivity index (χ3n) is 6.44. The average Bonchev–Trinajstić information content (AvgIpc) is 3.19. The van der Waals surface area contributed by atoms with E-state index >= 15 is 0 Å². The summed E-state index contributed by atoms with van der Waals surface area (Å²) in [4.78, 5) is 6.53. The smallest absolute Gasteiger partial charge is 0.393 e. The van der Waals surface area contributed by atoms with E-state index in [1.807, 2.05) is 11.9 Å². The van der Waals surface area contributed by atoms with E-state index in [-0.39, 0.29) is 18.0 Å². The fourth-order valence-corrected chi connectivity index (χ4v) is 6.40.